The lowest BCUT2D eigenvalue weighted by Gasteiger charge is -2.21. The van der Waals surface area contributed by atoms with Gasteiger partial charge in [-0.2, -0.15) is 0 Å². The summed E-state index contributed by atoms with van der Waals surface area (Å²) in [5.74, 6) is -1.08. The molecule has 0 bridgehead atoms. The zero-order valence-electron chi connectivity index (χ0n) is 17.2. The number of halogens is 1. The molecule has 3 aromatic carbocycles. The predicted octanol–water partition coefficient (Wildman–Crippen LogP) is 3.82. The molecule has 3 aromatic rings. The van der Waals surface area contributed by atoms with E-state index in [1.807, 2.05) is 30.3 Å². The van der Waals surface area contributed by atoms with Crippen LogP contribution < -0.4 is 15.0 Å². The van der Waals surface area contributed by atoms with Crippen molar-refractivity contribution in [1.82, 2.24) is 5.48 Å². The fraction of sp³-hybridized carbons (Fsp3) is 0.174. The van der Waals surface area contributed by atoms with E-state index in [1.165, 1.54) is 42.9 Å². The SMILES string of the molecule is COc1ccc(S(=O)(=O)C(CC(=O)NO)c2ccc(F)cc2OCc2ccccc2)cc1. The van der Waals surface area contributed by atoms with Crippen molar-refractivity contribution in [3.63, 3.8) is 0 Å². The molecule has 0 aliphatic heterocycles. The summed E-state index contributed by atoms with van der Waals surface area (Å²) in [6.45, 7) is 0.0682. The Labute approximate surface area is 185 Å². The minimum atomic E-state index is -4.13. The first-order valence-electron chi connectivity index (χ1n) is 9.62. The molecule has 0 fully saturated rings. The highest BCUT2D eigenvalue weighted by Gasteiger charge is 2.34. The number of methoxy groups -OCH3 is 1. The van der Waals surface area contributed by atoms with Gasteiger partial charge in [0.25, 0.3) is 0 Å². The van der Waals surface area contributed by atoms with Crippen molar-refractivity contribution >= 4 is 15.7 Å². The number of amides is 1. The van der Waals surface area contributed by atoms with Crippen LogP contribution in [0.5, 0.6) is 11.5 Å². The normalized spacial score (nSPS) is 12.1. The molecule has 7 nitrogen and oxygen atoms in total. The zero-order chi connectivity index (χ0) is 23.1. The Bertz CT molecular complexity index is 1170. The average molecular weight is 459 g/mol. The maximum absolute atomic E-state index is 14.0. The Morgan fingerprint density at radius 3 is 2.38 bits per heavy atom. The van der Waals surface area contributed by atoms with Crippen LogP contribution in [0.3, 0.4) is 0 Å². The molecule has 1 amide bonds. The van der Waals surface area contributed by atoms with Crippen LogP contribution in [-0.2, 0) is 21.2 Å². The van der Waals surface area contributed by atoms with Gasteiger partial charge in [0, 0.05) is 11.6 Å². The quantitative estimate of drug-likeness (QED) is 0.373. The van der Waals surface area contributed by atoms with E-state index in [-0.39, 0.29) is 22.8 Å². The van der Waals surface area contributed by atoms with Gasteiger partial charge in [0.2, 0.25) is 5.91 Å². The van der Waals surface area contributed by atoms with Gasteiger partial charge in [0.05, 0.1) is 18.4 Å². The highest BCUT2D eigenvalue weighted by Crippen LogP contribution is 2.38. The standard InChI is InChI=1S/C23H22FNO6S/c1-30-18-8-10-19(11-9-18)32(28,29)22(14-23(26)25-27)20-12-7-17(24)13-21(20)31-15-16-5-3-2-4-6-16/h2-13,22,27H,14-15H2,1H3,(H,25,26). The van der Waals surface area contributed by atoms with Crippen molar-refractivity contribution in [3.05, 3.63) is 89.7 Å². The van der Waals surface area contributed by atoms with Gasteiger partial charge in [-0.15, -0.1) is 0 Å². The third kappa shape index (κ3) is 5.43. The Balaban J connectivity index is 2.03. The Hall–Kier alpha value is -3.43. The monoisotopic (exact) mass is 459 g/mol. The first-order chi connectivity index (χ1) is 15.3. The minimum absolute atomic E-state index is 0.0123. The molecule has 0 radical (unpaired) electrons. The van der Waals surface area contributed by atoms with Crippen LogP contribution in [0.2, 0.25) is 0 Å². The third-order valence-electron chi connectivity index (χ3n) is 4.82. The largest absolute Gasteiger partial charge is 0.497 e. The van der Waals surface area contributed by atoms with Crippen LogP contribution in [0.4, 0.5) is 4.39 Å². The van der Waals surface area contributed by atoms with Crippen molar-refractivity contribution < 1.29 is 32.3 Å². The molecule has 168 valence electrons. The summed E-state index contributed by atoms with van der Waals surface area (Å²) in [6.07, 6.45) is -0.599. The van der Waals surface area contributed by atoms with E-state index in [4.69, 9.17) is 14.7 Å². The molecule has 0 aromatic heterocycles. The van der Waals surface area contributed by atoms with E-state index in [9.17, 15) is 17.6 Å². The number of carbonyl (C=O) groups is 1. The number of carbonyl (C=O) groups excluding carboxylic acids is 1. The van der Waals surface area contributed by atoms with Crippen molar-refractivity contribution in [3.8, 4) is 11.5 Å². The minimum Gasteiger partial charge on any atom is -0.497 e. The van der Waals surface area contributed by atoms with E-state index in [2.05, 4.69) is 0 Å². The summed E-state index contributed by atoms with van der Waals surface area (Å²) >= 11 is 0. The topological polar surface area (TPSA) is 102 Å². The van der Waals surface area contributed by atoms with Crippen LogP contribution >= 0.6 is 0 Å². The number of hydroxylamine groups is 1. The van der Waals surface area contributed by atoms with Crippen molar-refractivity contribution in [2.75, 3.05) is 7.11 Å². The lowest BCUT2D eigenvalue weighted by atomic mass is 10.1. The third-order valence-corrected chi connectivity index (χ3v) is 6.92. The highest BCUT2D eigenvalue weighted by molar-refractivity contribution is 7.91. The number of sulfone groups is 1. The second kappa shape index (κ2) is 10.3. The van der Waals surface area contributed by atoms with Gasteiger partial charge in [-0.25, -0.2) is 18.3 Å². The fourth-order valence-electron chi connectivity index (χ4n) is 3.17. The Kier molecular flexibility index (Phi) is 7.45. The van der Waals surface area contributed by atoms with Gasteiger partial charge < -0.3 is 9.47 Å². The summed E-state index contributed by atoms with van der Waals surface area (Å²) in [6, 6.07) is 18.2. The lowest BCUT2D eigenvalue weighted by Crippen LogP contribution is -2.25. The maximum atomic E-state index is 14.0. The number of rotatable bonds is 9. The first kappa shape index (κ1) is 23.2. The van der Waals surface area contributed by atoms with Crippen LogP contribution in [-0.4, -0.2) is 26.6 Å². The second-order valence-corrected chi connectivity index (χ2v) is 9.04. The molecule has 0 aliphatic rings. The van der Waals surface area contributed by atoms with Gasteiger partial charge in [-0.05, 0) is 35.9 Å². The Morgan fingerprint density at radius 1 is 1.06 bits per heavy atom. The van der Waals surface area contributed by atoms with Crippen molar-refractivity contribution in [2.24, 2.45) is 0 Å². The molecule has 2 N–H and O–H groups in total. The lowest BCUT2D eigenvalue weighted by molar-refractivity contribution is -0.129. The molecule has 0 spiro atoms. The number of hydrogen-bond donors (Lipinski definition) is 2. The molecule has 3 rings (SSSR count). The second-order valence-electron chi connectivity index (χ2n) is 6.90. The summed E-state index contributed by atoms with van der Waals surface area (Å²) in [4.78, 5) is 11.9. The van der Waals surface area contributed by atoms with E-state index >= 15 is 0 Å². The van der Waals surface area contributed by atoms with E-state index in [0.717, 1.165) is 17.7 Å². The molecule has 0 saturated heterocycles. The summed E-state index contributed by atoms with van der Waals surface area (Å²) < 4.78 is 51.7. The average Bonchev–Trinajstić information content (AvgIpc) is 2.82. The molecular weight excluding hydrogens is 437 g/mol. The van der Waals surface area contributed by atoms with Gasteiger partial charge in [-0.3, -0.25) is 10.0 Å². The van der Waals surface area contributed by atoms with Crippen molar-refractivity contribution in [2.45, 2.75) is 23.2 Å². The molecule has 9 heteroatoms. The smallest absolute Gasteiger partial charge is 0.245 e. The fourth-order valence-corrected chi connectivity index (χ4v) is 4.91. The van der Waals surface area contributed by atoms with E-state index < -0.39 is 33.2 Å². The number of ether oxygens (including phenoxy) is 2. The van der Waals surface area contributed by atoms with Gasteiger partial charge in [0.1, 0.15) is 29.2 Å². The molecule has 32 heavy (non-hydrogen) atoms. The summed E-state index contributed by atoms with van der Waals surface area (Å²) in [7, 11) is -2.68. The van der Waals surface area contributed by atoms with Crippen LogP contribution in [0.15, 0.2) is 77.7 Å². The first-order valence-corrected chi connectivity index (χ1v) is 11.2. The van der Waals surface area contributed by atoms with Crippen LogP contribution in [0.1, 0.15) is 22.8 Å². The van der Waals surface area contributed by atoms with Crippen molar-refractivity contribution in [1.29, 1.82) is 0 Å². The molecule has 0 heterocycles. The maximum Gasteiger partial charge on any atom is 0.245 e. The highest BCUT2D eigenvalue weighted by atomic mass is 32.2. The number of hydrogen-bond acceptors (Lipinski definition) is 6. The molecule has 0 aliphatic carbocycles. The molecule has 1 atom stereocenters. The van der Waals surface area contributed by atoms with Gasteiger partial charge in [-0.1, -0.05) is 36.4 Å². The van der Waals surface area contributed by atoms with Gasteiger partial charge >= 0.3 is 0 Å². The molecular formula is C23H22FNO6S. The summed E-state index contributed by atoms with van der Waals surface area (Å²) in [5.41, 5.74) is 2.35. The molecule has 0 saturated carbocycles. The molecule has 1 unspecified atom stereocenters. The Morgan fingerprint density at radius 2 is 1.75 bits per heavy atom. The van der Waals surface area contributed by atoms with Crippen LogP contribution in [0.25, 0.3) is 0 Å². The van der Waals surface area contributed by atoms with E-state index in [1.54, 1.807) is 0 Å². The number of benzene rings is 3. The summed E-state index contributed by atoms with van der Waals surface area (Å²) in [5, 5.41) is 7.56. The predicted molar refractivity (Wildman–Crippen MR) is 115 cm³/mol. The number of nitrogens with one attached hydrogen (secondary N) is 1. The van der Waals surface area contributed by atoms with Gasteiger partial charge in [0.15, 0.2) is 9.84 Å². The van der Waals surface area contributed by atoms with Crippen LogP contribution in [0, 0.1) is 5.82 Å². The van der Waals surface area contributed by atoms with E-state index in [0.29, 0.717) is 5.75 Å². The zero-order valence-corrected chi connectivity index (χ0v) is 18.0.